The van der Waals surface area contributed by atoms with Crippen LogP contribution >= 0.6 is 0 Å². The fourth-order valence-corrected chi connectivity index (χ4v) is 1.31. The van der Waals surface area contributed by atoms with Crippen LogP contribution in [0.1, 0.15) is 10.4 Å². The van der Waals surface area contributed by atoms with Crippen LogP contribution in [0.4, 0.5) is 5.82 Å². The quantitative estimate of drug-likeness (QED) is 0.663. The highest BCUT2D eigenvalue weighted by Crippen LogP contribution is 2.09. The molecule has 18 heavy (non-hydrogen) atoms. The van der Waals surface area contributed by atoms with Gasteiger partial charge in [0.2, 0.25) is 0 Å². The largest absolute Gasteiger partial charge is 0.394 e. The van der Waals surface area contributed by atoms with E-state index >= 15 is 0 Å². The summed E-state index contributed by atoms with van der Waals surface area (Å²) >= 11 is 0. The lowest BCUT2D eigenvalue weighted by atomic mass is 10.2. The summed E-state index contributed by atoms with van der Waals surface area (Å²) in [6.07, 6.45) is 1.60. The van der Waals surface area contributed by atoms with Crippen LogP contribution in [0.5, 0.6) is 0 Å². The first-order chi connectivity index (χ1) is 8.65. The van der Waals surface area contributed by atoms with Crippen LogP contribution < -0.4 is 10.2 Å². The molecule has 1 aromatic heterocycles. The zero-order valence-electron chi connectivity index (χ0n) is 10.7. The van der Waals surface area contributed by atoms with Gasteiger partial charge in [0, 0.05) is 32.4 Å². The maximum Gasteiger partial charge on any atom is 0.251 e. The summed E-state index contributed by atoms with van der Waals surface area (Å²) in [5.41, 5.74) is 0.566. The van der Waals surface area contributed by atoms with Crippen molar-refractivity contribution >= 4 is 11.7 Å². The summed E-state index contributed by atoms with van der Waals surface area (Å²) in [5, 5.41) is 11.2. The van der Waals surface area contributed by atoms with Crippen LogP contribution in [-0.2, 0) is 4.74 Å². The van der Waals surface area contributed by atoms with Gasteiger partial charge in [-0.1, -0.05) is 0 Å². The van der Waals surface area contributed by atoms with Crippen molar-refractivity contribution in [3.8, 4) is 0 Å². The normalized spacial score (nSPS) is 10.2. The van der Waals surface area contributed by atoms with Crippen molar-refractivity contribution in [3.63, 3.8) is 0 Å². The fourth-order valence-electron chi connectivity index (χ4n) is 1.31. The highest BCUT2D eigenvalue weighted by atomic mass is 16.5. The molecule has 0 spiro atoms. The van der Waals surface area contributed by atoms with Crippen LogP contribution in [0.3, 0.4) is 0 Å². The van der Waals surface area contributed by atoms with Crippen molar-refractivity contribution in [2.24, 2.45) is 0 Å². The van der Waals surface area contributed by atoms with E-state index in [1.807, 2.05) is 19.0 Å². The van der Waals surface area contributed by atoms with Crippen molar-refractivity contribution in [2.45, 2.75) is 0 Å². The minimum Gasteiger partial charge on any atom is -0.394 e. The summed E-state index contributed by atoms with van der Waals surface area (Å²) in [7, 11) is 3.74. The number of carbonyl (C=O) groups is 1. The SMILES string of the molecule is CN(C)c1cc(C(=O)NCCOCCO)ccn1. The van der Waals surface area contributed by atoms with E-state index in [0.717, 1.165) is 5.82 Å². The lowest BCUT2D eigenvalue weighted by Gasteiger charge is -2.12. The molecule has 0 fully saturated rings. The van der Waals surface area contributed by atoms with Gasteiger partial charge in [-0.15, -0.1) is 0 Å². The molecule has 0 unspecified atom stereocenters. The Balaban J connectivity index is 2.44. The number of nitrogens with one attached hydrogen (secondary N) is 1. The zero-order valence-corrected chi connectivity index (χ0v) is 10.7. The summed E-state index contributed by atoms with van der Waals surface area (Å²) in [4.78, 5) is 17.8. The van der Waals surface area contributed by atoms with Crippen molar-refractivity contribution in [3.05, 3.63) is 23.9 Å². The number of aliphatic hydroxyl groups excluding tert-OH is 1. The van der Waals surface area contributed by atoms with E-state index in [-0.39, 0.29) is 19.1 Å². The van der Waals surface area contributed by atoms with E-state index in [9.17, 15) is 4.79 Å². The van der Waals surface area contributed by atoms with E-state index in [4.69, 9.17) is 9.84 Å². The molecule has 100 valence electrons. The van der Waals surface area contributed by atoms with Gasteiger partial charge in [-0.25, -0.2) is 4.98 Å². The number of ether oxygens (including phenoxy) is 1. The lowest BCUT2D eigenvalue weighted by molar-refractivity contribution is 0.0838. The number of amides is 1. The molecule has 2 N–H and O–H groups in total. The van der Waals surface area contributed by atoms with Gasteiger partial charge in [-0.2, -0.15) is 0 Å². The minimum atomic E-state index is -0.159. The second-order valence-corrected chi connectivity index (χ2v) is 3.89. The van der Waals surface area contributed by atoms with E-state index < -0.39 is 0 Å². The third-order valence-electron chi connectivity index (χ3n) is 2.23. The van der Waals surface area contributed by atoms with Gasteiger partial charge in [0.1, 0.15) is 5.82 Å². The molecule has 6 nitrogen and oxygen atoms in total. The number of hydrogen-bond donors (Lipinski definition) is 2. The second-order valence-electron chi connectivity index (χ2n) is 3.89. The minimum absolute atomic E-state index is 0.00943. The second kappa shape index (κ2) is 7.62. The van der Waals surface area contributed by atoms with Crippen LogP contribution in [0, 0.1) is 0 Å². The summed E-state index contributed by atoms with van der Waals surface area (Å²) < 4.78 is 5.05. The topological polar surface area (TPSA) is 74.7 Å². The smallest absolute Gasteiger partial charge is 0.251 e. The highest BCUT2D eigenvalue weighted by molar-refractivity contribution is 5.94. The molecule has 0 radical (unpaired) electrons. The maximum atomic E-state index is 11.8. The van der Waals surface area contributed by atoms with Crippen molar-refractivity contribution in [1.29, 1.82) is 0 Å². The number of anilines is 1. The molecule has 0 aliphatic heterocycles. The van der Waals surface area contributed by atoms with E-state index in [1.165, 1.54) is 0 Å². The standard InChI is InChI=1S/C12H19N3O3/c1-15(2)11-9-10(3-4-13-11)12(17)14-5-7-18-8-6-16/h3-4,9,16H,5-8H2,1-2H3,(H,14,17). The molecule has 0 aliphatic carbocycles. The van der Waals surface area contributed by atoms with Gasteiger partial charge < -0.3 is 20.1 Å². The van der Waals surface area contributed by atoms with Gasteiger partial charge in [0.25, 0.3) is 5.91 Å². The molecular weight excluding hydrogens is 234 g/mol. The summed E-state index contributed by atoms with van der Waals surface area (Å²) in [5.74, 6) is 0.576. The molecular formula is C12H19N3O3. The molecule has 1 rings (SSSR count). The molecule has 6 heteroatoms. The summed E-state index contributed by atoms with van der Waals surface area (Å²) in [6, 6.07) is 3.39. The third kappa shape index (κ3) is 4.68. The average Bonchev–Trinajstić information content (AvgIpc) is 2.38. The van der Waals surface area contributed by atoms with Crippen molar-refractivity contribution in [1.82, 2.24) is 10.3 Å². The Morgan fingerprint density at radius 2 is 2.28 bits per heavy atom. The van der Waals surface area contributed by atoms with Crippen LogP contribution in [-0.4, -0.2) is 56.5 Å². The molecule has 0 saturated heterocycles. The number of hydrogen-bond acceptors (Lipinski definition) is 5. The third-order valence-corrected chi connectivity index (χ3v) is 2.23. The Kier molecular flexibility index (Phi) is 6.10. The lowest BCUT2D eigenvalue weighted by Crippen LogP contribution is -2.27. The first-order valence-corrected chi connectivity index (χ1v) is 5.75. The number of aromatic nitrogens is 1. The van der Waals surface area contributed by atoms with E-state index in [1.54, 1.807) is 18.3 Å². The molecule has 1 amide bonds. The Bertz CT molecular complexity index is 383. The van der Waals surface area contributed by atoms with Crippen molar-refractivity contribution < 1.29 is 14.6 Å². The molecule has 0 aliphatic rings. The number of pyridine rings is 1. The van der Waals surface area contributed by atoms with Gasteiger partial charge in [0.05, 0.1) is 19.8 Å². The van der Waals surface area contributed by atoms with E-state index in [2.05, 4.69) is 10.3 Å². The van der Waals surface area contributed by atoms with Gasteiger partial charge >= 0.3 is 0 Å². The Hall–Kier alpha value is -1.66. The zero-order chi connectivity index (χ0) is 13.4. The first-order valence-electron chi connectivity index (χ1n) is 5.75. The predicted molar refractivity (Wildman–Crippen MR) is 68.8 cm³/mol. The maximum absolute atomic E-state index is 11.8. The average molecular weight is 253 g/mol. The number of carbonyl (C=O) groups excluding carboxylic acids is 1. The van der Waals surface area contributed by atoms with Crippen molar-refractivity contribution in [2.75, 3.05) is 45.4 Å². The molecule has 0 atom stereocenters. The van der Waals surface area contributed by atoms with Gasteiger partial charge in [0.15, 0.2) is 0 Å². The van der Waals surface area contributed by atoms with Gasteiger partial charge in [-0.3, -0.25) is 4.79 Å². The molecule has 0 saturated carbocycles. The number of rotatable bonds is 7. The van der Waals surface area contributed by atoms with Crippen LogP contribution in [0.25, 0.3) is 0 Å². The van der Waals surface area contributed by atoms with Gasteiger partial charge in [-0.05, 0) is 12.1 Å². The fraction of sp³-hybridized carbons (Fsp3) is 0.500. The predicted octanol–water partition coefficient (Wildman–Crippen LogP) is -0.114. The summed E-state index contributed by atoms with van der Waals surface area (Å²) in [6.45, 7) is 1.08. The van der Waals surface area contributed by atoms with E-state index in [0.29, 0.717) is 18.7 Å². The molecule has 0 aromatic carbocycles. The number of aliphatic hydroxyl groups is 1. The number of nitrogens with zero attached hydrogens (tertiary/aromatic N) is 2. The Morgan fingerprint density at radius 3 is 2.94 bits per heavy atom. The Labute approximate surface area is 107 Å². The van der Waals surface area contributed by atoms with Crippen LogP contribution in [0.15, 0.2) is 18.3 Å². The Morgan fingerprint density at radius 1 is 1.50 bits per heavy atom. The molecule has 0 bridgehead atoms. The molecule has 1 aromatic rings. The highest BCUT2D eigenvalue weighted by Gasteiger charge is 2.06. The molecule has 1 heterocycles. The monoisotopic (exact) mass is 253 g/mol. The van der Waals surface area contributed by atoms with Crippen LogP contribution in [0.2, 0.25) is 0 Å². The first kappa shape index (κ1) is 14.4.